The van der Waals surface area contributed by atoms with Gasteiger partial charge in [-0.2, -0.15) is 0 Å². The van der Waals surface area contributed by atoms with Crippen molar-refractivity contribution in [1.29, 1.82) is 0 Å². The summed E-state index contributed by atoms with van der Waals surface area (Å²) in [7, 11) is 2.41. The normalized spacial score (nSPS) is 17.9. The van der Waals surface area contributed by atoms with E-state index in [2.05, 4.69) is 5.32 Å². The van der Waals surface area contributed by atoms with E-state index in [9.17, 15) is 13.2 Å². The summed E-state index contributed by atoms with van der Waals surface area (Å²) >= 11 is 0. The van der Waals surface area contributed by atoms with Gasteiger partial charge in [0.25, 0.3) is 0 Å². The lowest BCUT2D eigenvalue weighted by Gasteiger charge is -2.29. The van der Waals surface area contributed by atoms with Crippen LogP contribution in [0.3, 0.4) is 0 Å². The van der Waals surface area contributed by atoms with Crippen molar-refractivity contribution >= 4 is 15.9 Å². The molecule has 164 valence electrons. The van der Waals surface area contributed by atoms with Gasteiger partial charge in [0, 0.05) is 25.7 Å². The highest BCUT2D eigenvalue weighted by atomic mass is 32.2. The van der Waals surface area contributed by atoms with Crippen LogP contribution in [0.25, 0.3) is 0 Å². The average Bonchev–Trinajstić information content (AvgIpc) is 3.02. The minimum Gasteiger partial charge on any atom is -0.493 e. The van der Waals surface area contributed by atoms with Gasteiger partial charge in [-0.1, -0.05) is 6.07 Å². The van der Waals surface area contributed by atoms with Crippen molar-refractivity contribution in [1.82, 2.24) is 15.1 Å². The molecule has 1 aromatic rings. The Kier molecular flexibility index (Phi) is 8.58. The summed E-state index contributed by atoms with van der Waals surface area (Å²) in [6.07, 6.45) is 1.14. The van der Waals surface area contributed by atoms with Gasteiger partial charge in [0.05, 0.1) is 25.2 Å². The lowest BCUT2D eigenvalue weighted by atomic mass is 10.1. The van der Waals surface area contributed by atoms with E-state index < -0.39 is 9.84 Å². The summed E-state index contributed by atoms with van der Waals surface area (Å²) in [6.45, 7) is 4.11. The van der Waals surface area contributed by atoms with E-state index in [1.54, 1.807) is 12.0 Å². The van der Waals surface area contributed by atoms with Crippen molar-refractivity contribution in [2.45, 2.75) is 25.8 Å². The first kappa shape index (κ1) is 23.3. The maximum atomic E-state index is 12.8. The van der Waals surface area contributed by atoms with Crippen molar-refractivity contribution in [3.63, 3.8) is 0 Å². The summed E-state index contributed by atoms with van der Waals surface area (Å²) in [5.74, 6) is 1.55. The molecule has 0 aromatic heterocycles. The summed E-state index contributed by atoms with van der Waals surface area (Å²) in [5.41, 5.74) is 1.02. The predicted octanol–water partition coefficient (Wildman–Crippen LogP) is 1.40. The standard InChI is InChI=1S/C20H33N3O5S/c1-5-28-18-7-6-16(14-19(18)27-4)8-10-21-20(24)23(12-11-22(2)3)17-9-13-29(25,26)15-17/h6-7,14,17H,5,8-13,15H2,1-4H3,(H,21,24). The zero-order valence-electron chi connectivity index (χ0n) is 17.8. The monoisotopic (exact) mass is 427 g/mol. The van der Waals surface area contributed by atoms with Gasteiger partial charge in [0.1, 0.15) is 0 Å². The second-order valence-electron chi connectivity index (χ2n) is 7.45. The molecular formula is C20H33N3O5S. The number of nitrogens with one attached hydrogen (secondary N) is 1. The molecule has 1 aromatic carbocycles. The molecule has 0 spiro atoms. The molecule has 1 heterocycles. The number of likely N-dealkylation sites (N-methyl/N-ethyl adjacent to an activating group) is 1. The molecule has 1 atom stereocenters. The highest BCUT2D eigenvalue weighted by Crippen LogP contribution is 2.28. The number of urea groups is 1. The van der Waals surface area contributed by atoms with Gasteiger partial charge in [-0.3, -0.25) is 0 Å². The van der Waals surface area contributed by atoms with Crippen LogP contribution in [0, 0.1) is 0 Å². The molecule has 0 saturated carbocycles. The van der Waals surface area contributed by atoms with Gasteiger partial charge in [0.2, 0.25) is 0 Å². The smallest absolute Gasteiger partial charge is 0.317 e. The van der Waals surface area contributed by atoms with Gasteiger partial charge >= 0.3 is 6.03 Å². The predicted molar refractivity (Wildman–Crippen MR) is 114 cm³/mol. The summed E-state index contributed by atoms with van der Waals surface area (Å²) < 4.78 is 34.6. The third kappa shape index (κ3) is 7.08. The van der Waals surface area contributed by atoms with Gasteiger partial charge in [-0.25, -0.2) is 13.2 Å². The Morgan fingerprint density at radius 1 is 1.24 bits per heavy atom. The highest BCUT2D eigenvalue weighted by Gasteiger charge is 2.34. The molecule has 9 heteroatoms. The number of benzene rings is 1. The fourth-order valence-corrected chi connectivity index (χ4v) is 5.07. The minimum atomic E-state index is -3.05. The molecule has 1 fully saturated rings. The van der Waals surface area contributed by atoms with Crippen molar-refractivity contribution in [3.8, 4) is 11.5 Å². The highest BCUT2D eigenvalue weighted by molar-refractivity contribution is 7.91. The van der Waals surface area contributed by atoms with Gasteiger partial charge in [-0.05, 0) is 51.6 Å². The van der Waals surface area contributed by atoms with Crippen molar-refractivity contribution in [3.05, 3.63) is 23.8 Å². The zero-order valence-corrected chi connectivity index (χ0v) is 18.6. The summed E-state index contributed by atoms with van der Waals surface area (Å²) in [6, 6.07) is 5.25. The van der Waals surface area contributed by atoms with E-state index in [1.165, 1.54) is 0 Å². The molecule has 0 aliphatic carbocycles. The fraction of sp³-hybridized carbons (Fsp3) is 0.650. The Labute approximate surface area is 174 Å². The van der Waals surface area contributed by atoms with Crippen LogP contribution < -0.4 is 14.8 Å². The molecule has 1 aliphatic rings. The van der Waals surface area contributed by atoms with Gasteiger partial charge in [-0.15, -0.1) is 0 Å². The van der Waals surface area contributed by atoms with E-state index in [-0.39, 0.29) is 23.6 Å². The molecule has 1 unspecified atom stereocenters. The molecule has 1 aliphatic heterocycles. The molecular weight excluding hydrogens is 394 g/mol. The number of methoxy groups -OCH3 is 1. The first-order valence-corrected chi connectivity index (χ1v) is 11.8. The van der Waals surface area contributed by atoms with Crippen LogP contribution in [0.1, 0.15) is 18.9 Å². The molecule has 29 heavy (non-hydrogen) atoms. The van der Waals surface area contributed by atoms with Crippen molar-refractivity contribution < 1.29 is 22.7 Å². The van der Waals surface area contributed by atoms with Crippen LogP contribution in [0.15, 0.2) is 18.2 Å². The third-order valence-electron chi connectivity index (χ3n) is 4.92. The molecule has 2 amide bonds. The maximum absolute atomic E-state index is 12.8. The van der Waals surface area contributed by atoms with Crippen molar-refractivity contribution in [2.24, 2.45) is 0 Å². The van der Waals surface area contributed by atoms with Crippen LogP contribution in [-0.2, 0) is 16.3 Å². The molecule has 0 radical (unpaired) electrons. The quantitative estimate of drug-likeness (QED) is 0.607. The number of nitrogens with zero attached hydrogens (tertiary/aromatic N) is 2. The van der Waals surface area contributed by atoms with Crippen LogP contribution in [0.5, 0.6) is 11.5 Å². The van der Waals surface area contributed by atoms with E-state index in [4.69, 9.17) is 9.47 Å². The Morgan fingerprint density at radius 3 is 2.59 bits per heavy atom. The van der Waals surface area contributed by atoms with Gasteiger partial charge in [0.15, 0.2) is 21.3 Å². The second kappa shape index (κ2) is 10.7. The number of rotatable bonds is 10. The number of amides is 2. The average molecular weight is 428 g/mol. The summed E-state index contributed by atoms with van der Waals surface area (Å²) in [5, 5.41) is 2.94. The Bertz CT molecular complexity index is 782. The fourth-order valence-electron chi connectivity index (χ4n) is 3.34. The van der Waals surface area contributed by atoms with Crippen LogP contribution in [0.2, 0.25) is 0 Å². The topological polar surface area (TPSA) is 88.2 Å². The largest absolute Gasteiger partial charge is 0.493 e. The second-order valence-corrected chi connectivity index (χ2v) is 9.68. The van der Waals surface area contributed by atoms with Crippen LogP contribution in [0.4, 0.5) is 4.79 Å². The first-order valence-electron chi connectivity index (χ1n) is 9.95. The summed E-state index contributed by atoms with van der Waals surface area (Å²) in [4.78, 5) is 16.4. The zero-order chi connectivity index (χ0) is 21.4. The SMILES string of the molecule is CCOc1ccc(CCNC(=O)N(CCN(C)C)C2CCS(=O)(=O)C2)cc1OC. The number of ether oxygens (including phenoxy) is 2. The number of carbonyl (C=O) groups excluding carboxylic acids is 1. The minimum absolute atomic E-state index is 0.0456. The Balaban J connectivity index is 1.95. The lowest BCUT2D eigenvalue weighted by molar-refractivity contribution is 0.173. The van der Waals surface area contributed by atoms with E-state index in [1.807, 2.05) is 44.1 Å². The lowest BCUT2D eigenvalue weighted by Crippen LogP contribution is -2.49. The third-order valence-corrected chi connectivity index (χ3v) is 6.67. The van der Waals surface area contributed by atoms with Gasteiger partial charge < -0.3 is 24.6 Å². The first-order chi connectivity index (χ1) is 13.8. The molecule has 8 nitrogen and oxygen atoms in total. The Morgan fingerprint density at radius 2 is 2.00 bits per heavy atom. The number of sulfone groups is 1. The van der Waals surface area contributed by atoms with Crippen molar-refractivity contribution in [2.75, 3.05) is 59.0 Å². The number of carbonyl (C=O) groups is 1. The molecule has 1 saturated heterocycles. The molecule has 1 N–H and O–H groups in total. The van der Waals surface area contributed by atoms with Crippen LogP contribution >= 0.6 is 0 Å². The molecule has 2 rings (SSSR count). The van der Waals surface area contributed by atoms with E-state index >= 15 is 0 Å². The number of hydrogen-bond donors (Lipinski definition) is 1. The molecule has 0 bridgehead atoms. The van der Waals surface area contributed by atoms with E-state index in [0.29, 0.717) is 50.6 Å². The van der Waals surface area contributed by atoms with E-state index in [0.717, 1.165) is 5.56 Å². The maximum Gasteiger partial charge on any atom is 0.317 e. The van der Waals surface area contributed by atoms with Crippen LogP contribution in [-0.4, -0.2) is 89.2 Å². The number of hydrogen-bond acceptors (Lipinski definition) is 6. The Hall–Kier alpha value is -2.00.